The SMILES string of the molecule is CN=C(NCc1ccc(C(N)=O)o1)NCc1ccnc2ccccc12. The van der Waals surface area contributed by atoms with E-state index in [9.17, 15) is 4.79 Å². The Bertz CT molecular complexity index is 911. The van der Waals surface area contributed by atoms with Crippen molar-refractivity contribution in [2.24, 2.45) is 10.7 Å². The van der Waals surface area contributed by atoms with Crippen molar-refractivity contribution in [3.8, 4) is 0 Å². The van der Waals surface area contributed by atoms with Crippen molar-refractivity contribution in [1.29, 1.82) is 0 Å². The first-order chi connectivity index (χ1) is 12.2. The van der Waals surface area contributed by atoms with Crippen LogP contribution in [0.1, 0.15) is 21.9 Å². The van der Waals surface area contributed by atoms with Gasteiger partial charge in [0.15, 0.2) is 11.7 Å². The van der Waals surface area contributed by atoms with Crippen LogP contribution in [-0.2, 0) is 13.1 Å². The summed E-state index contributed by atoms with van der Waals surface area (Å²) in [5, 5.41) is 7.49. The van der Waals surface area contributed by atoms with Crippen LogP contribution in [0.2, 0.25) is 0 Å². The molecule has 0 bridgehead atoms. The largest absolute Gasteiger partial charge is 0.454 e. The number of hydrogen-bond acceptors (Lipinski definition) is 4. The fraction of sp³-hybridized carbons (Fsp3) is 0.167. The summed E-state index contributed by atoms with van der Waals surface area (Å²) in [6.45, 7) is 0.997. The molecule has 2 aromatic heterocycles. The minimum atomic E-state index is -0.585. The van der Waals surface area contributed by atoms with Gasteiger partial charge in [-0.2, -0.15) is 0 Å². The number of amides is 1. The maximum absolute atomic E-state index is 11.0. The quantitative estimate of drug-likeness (QED) is 0.486. The third-order valence-electron chi connectivity index (χ3n) is 3.74. The first kappa shape index (κ1) is 16.5. The lowest BCUT2D eigenvalue weighted by atomic mass is 10.1. The average Bonchev–Trinajstić information content (AvgIpc) is 3.11. The molecule has 128 valence electrons. The normalized spacial score (nSPS) is 11.5. The first-order valence-corrected chi connectivity index (χ1v) is 7.83. The lowest BCUT2D eigenvalue weighted by Crippen LogP contribution is -2.36. The maximum Gasteiger partial charge on any atom is 0.284 e. The zero-order valence-electron chi connectivity index (χ0n) is 13.8. The number of rotatable bonds is 5. The van der Waals surface area contributed by atoms with E-state index in [1.54, 1.807) is 25.4 Å². The molecule has 0 radical (unpaired) electrons. The molecular formula is C18H19N5O2. The van der Waals surface area contributed by atoms with Crippen molar-refractivity contribution in [3.05, 3.63) is 65.7 Å². The molecule has 0 fully saturated rings. The first-order valence-electron chi connectivity index (χ1n) is 7.83. The minimum Gasteiger partial charge on any atom is -0.454 e. The molecule has 1 aromatic carbocycles. The van der Waals surface area contributed by atoms with Gasteiger partial charge < -0.3 is 20.8 Å². The number of benzene rings is 1. The van der Waals surface area contributed by atoms with Crippen LogP contribution in [0.3, 0.4) is 0 Å². The molecule has 7 nitrogen and oxygen atoms in total. The topological polar surface area (TPSA) is 106 Å². The molecule has 25 heavy (non-hydrogen) atoms. The van der Waals surface area contributed by atoms with E-state index in [1.807, 2.05) is 30.3 Å². The molecule has 0 atom stereocenters. The Morgan fingerprint density at radius 2 is 1.96 bits per heavy atom. The molecule has 2 heterocycles. The number of carbonyl (C=O) groups excluding carboxylic acids is 1. The second-order valence-corrected chi connectivity index (χ2v) is 5.40. The third-order valence-corrected chi connectivity index (χ3v) is 3.74. The summed E-state index contributed by atoms with van der Waals surface area (Å²) in [6, 6.07) is 13.2. The van der Waals surface area contributed by atoms with Crippen molar-refractivity contribution in [1.82, 2.24) is 15.6 Å². The number of nitrogens with zero attached hydrogens (tertiary/aromatic N) is 2. The molecule has 1 amide bonds. The van der Waals surface area contributed by atoms with Gasteiger partial charge in [-0.15, -0.1) is 0 Å². The van der Waals surface area contributed by atoms with Gasteiger partial charge in [0.2, 0.25) is 0 Å². The summed E-state index contributed by atoms with van der Waals surface area (Å²) < 4.78 is 5.33. The predicted octanol–water partition coefficient (Wildman–Crippen LogP) is 1.79. The minimum absolute atomic E-state index is 0.142. The second kappa shape index (κ2) is 7.48. The van der Waals surface area contributed by atoms with Gasteiger partial charge in [-0.3, -0.25) is 14.8 Å². The Balaban J connectivity index is 1.61. The lowest BCUT2D eigenvalue weighted by molar-refractivity contribution is 0.0972. The molecular weight excluding hydrogens is 318 g/mol. The third kappa shape index (κ3) is 3.95. The second-order valence-electron chi connectivity index (χ2n) is 5.40. The van der Waals surface area contributed by atoms with E-state index in [0.29, 0.717) is 24.8 Å². The van der Waals surface area contributed by atoms with Gasteiger partial charge in [0.1, 0.15) is 5.76 Å². The number of nitrogens with one attached hydrogen (secondary N) is 2. The van der Waals surface area contributed by atoms with Crippen molar-refractivity contribution in [2.45, 2.75) is 13.1 Å². The van der Waals surface area contributed by atoms with Crippen LogP contribution in [0.25, 0.3) is 10.9 Å². The van der Waals surface area contributed by atoms with Gasteiger partial charge in [-0.1, -0.05) is 18.2 Å². The fourth-order valence-corrected chi connectivity index (χ4v) is 2.48. The fourth-order valence-electron chi connectivity index (χ4n) is 2.48. The van der Waals surface area contributed by atoms with Crippen LogP contribution < -0.4 is 16.4 Å². The molecule has 7 heteroatoms. The van der Waals surface area contributed by atoms with Crippen molar-refractivity contribution in [2.75, 3.05) is 7.05 Å². The highest BCUT2D eigenvalue weighted by atomic mass is 16.3. The number of para-hydroxylation sites is 1. The molecule has 0 saturated heterocycles. The summed E-state index contributed by atoms with van der Waals surface area (Å²) >= 11 is 0. The lowest BCUT2D eigenvalue weighted by Gasteiger charge is -2.12. The summed E-state index contributed by atoms with van der Waals surface area (Å²) in [6.07, 6.45) is 1.80. The zero-order chi connectivity index (χ0) is 17.6. The van der Waals surface area contributed by atoms with Crippen molar-refractivity contribution >= 4 is 22.8 Å². The number of hydrogen-bond donors (Lipinski definition) is 3. The van der Waals surface area contributed by atoms with Gasteiger partial charge in [0.25, 0.3) is 5.91 Å². The van der Waals surface area contributed by atoms with Crippen LogP contribution in [0, 0.1) is 0 Å². The van der Waals surface area contributed by atoms with E-state index in [0.717, 1.165) is 16.5 Å². The number of aromatic nitrogens is 1. The van der Waals surface area contributed by atoms with E-state index >= 15 is 0 Å². The van der Waals surface area contributed by atoms with Crippen molar-refractivity contribution in [3.63, 3.8) is 0 Å². The van der Waals surface area contributed by atoms with Gasteiger partial charge in [0, 0.05) is 25.2 Å². The standard InChI is InChI=1S/C18H19N5O2/c1-20-18(23-11-13-6-7-16(25-13)17(19)24)22-10-12-8-9-21-15-5-3-2-4-14(12)15/h2-9H,10-11H2,1H3,(H2,19,24)(H2,20,22,23). The monoisotopic (exact) mass is 337 g/mol. The number of aliphatic imine (C=N–C) groups is 1. The van der Waals surface area contributed by atoms with Gasteiger partial charge in [-0.25, -0.2) is 0 Å². The molecule has 3 rings (SSSR count). The summed E-state index contributed by atoms with van der Waals surface area (Å²) in [4.78, 5) is 19.6. The van der Waals surface area contributed by atoms with Crippen LogP contribution in [0.4, 0.5) is 0 Å². The predicted molar refractivity (Wildman–Crippen MR) is 96.0 cm³/mol. The van der Waals surface area contributed by atoms with Crippen LogP contribution in [0.5, 0.6) is 0 Å². The zero-order valence-corrected chi connectivity index (χ0v) is 13.8. The smallest absolute Gasteiger partial charge is 0.284 e. The number of furan rings is 1. The van der Waals surface area contributed by atoms with Crippen LogP contribution >= 0.6 is 0 Å². The Kier molecular flexibility index (Phi) is 4.94. The molecule has 0 aliphatic rings. The van der Waals surface area contributed by atoms with Gasteiger partial charge in [-0.05, 0) is 29.8 Å². The molecule has 0 aliphatic heterocycles. The highest BCUT2D eigenvalue weighted by Crippen LogP contribution is 2.15. The number of carbonyl (C=O) groups is 1. The number of pyridine rings is 1. The highest BCUT2D eigenvalue weighted by molar-refractivity contribution is 5.89. The summed E-state index contributed by atoms with van der Waals surface area (Å²) in [7, 11) is 1.69. The number of primary amides is 1. The summed E-state index contributed by atoms with van der Waals surface area (Å²) in [5.41, 5.74) is 7.26. The van der Waals surface area contributed by atoms with Crippen LogP contribution in [-0.4, -0.2) is 23.9 Å². The van der Waals surface area contributed by atoms with E-state index in [4.69, 9.17) is 10.2 Å². The number of nitrogens with two attached hydrogens (primary N) is 1. The Morgan fingerprint density at radius 1 is 1.16 bits per heavy atom. The van der Waals surface area contributed by atoms with Gasteiger partial charge in [0.05, 0.1) is 12.1 Å². The molecule has 0 unspecified atom stereocenters. The van der Waals surface area contributed by atoms with E-state index in [2.05, 4.69) is 20.6 Å². The summed E-state index contributed by atoms with van der Waals surface area (Å²) in [5.74, 6) is 0.783. The van der Waals surface area contributed by atoms with E-state index in [1.165, 1.54) is 0 Å². The molecule has 4 N–H and O–H groups in total. The van der Waals surface area contributed by atoms with Crippen molar-refractivity contribution < 1.29 is 9.21 Å². The van der Waals surface area contributed by atoms with Gasteiger partial charge >= 0.3 is 0 Å². The molecule has 0 saturated carbocycles. The number of guanidine groups is 1. The van der Waals surface area contributed by atoms with Crippen LogP contribution in [0.15, 0.2) is 58.1 Å². The molecule has 0 spiro atoms. The number of fused-ring (bicyclic) bond motifs is 1. The Morgan fingerprint density at radius 3 is 2.72 bits per heavy atom. The maximum atomic E-state index is 11.0. The Hall–Kier alpha value is -3.35. The van der Waals surface area contributed by atoms with E-state index in [-0.39, 0.29) is 5.76 Å². The molecule has 0 aliphatic carbocycles. The molecule has 3 aromatic rings. The van der Waals surface area contributed by atoms with E-state index < -0.39 is 5.91 Å². The highest BCUT2D eigenvalue weighted by Gasteiger charge is 2.08. The Labute approximate surface area is 145 Å². The average molecular weight is 337 g/mol.